The quantitative estimate of drug-likeness (QED) is 0.685. The summed E-state index contributed by atoms with van der Waals surface area (Å²) in [5.74, 6) is 1.36. The van der Waals surface area contributed by atoms with Gasteiger partial charge in [-0.1, -0.05) is 0 Å². The predicted molar refractivity (Wildman–Crippen MR) is 92.7 cm³/mol. The van der Waals surface area contributed by atoms with Gasteiger partial charge in [0, 0.05) is 25.0 Å². The van der Waals surface area contributed by atoms with Gasteiger partial charge in [-0.15, -0.1) is 0 Å². The molecule has 0 aromatic carbocycles. The molecule has 1 fully saturated rings. The van der Waals surface area contributed by atoms with Gasteiger partial charge >= 0.3 is 0 Å². The van der Waals surface area contributed by atoms with Crippen LogP contribution in [-0.2, 0) is 6.54 Å². The van der Waals surface area contributed by atoms with E-state index in [1.807, 2.05) is 6.07 Å². The third-order valence-electron chi connectivity index (χ3n) is 4.43. The number of rotatable bonds is 4. The second-order valence-corrected chi connectivity index (χ2v) is 6.04. The van der Waals surface area contributed by atoms with Crippen LogP contribution in [0.5, 0.6) is 0 Å². The Morgan fingerprint density at radius 3 is 2.88 bits per heavy atom. The van der Waals surface area contributed by atoms with E-state index in [0.717, 1.165) is 19.4 Å². The molecule has 1 unspecified atom stereocenters. The van der Waals surface area contributed by atoms with Crippen LogP contribution in [0.3, 0.4) is 0 Å². The van der Waals surface area contributed by atoms with Gasteiger partial charge in [-0.05, 0) is 18.9 Å². The lowest BCUT2D eigenvalue weighted by molar-refractivity contribution is 0.484. The zero-order valence-corrected chi connectivity index (χ0v) is 13.9. The average molecular weight is 348 g/mol. The first kappa shape index (κ1) is 16.0. The van der Waals surface area contributed by atoms with Crippen molar-refractivity contribution in [2.24, 2.45) is 0 Å². The Hall–Kier alpha value is -3.54. The summed E-state index contributed by atoms with van der Waals surface area (Å²) < 4.78 is 3.24. The van der Waals surface area contributed by atoms with Gasteiger partial charge in [0.2, 0.25) is 0 Å². The fraction of sp³-hybridized carbons (Fsp3) is 0.294. The molecule has 26 heavy (non-hydrogen) atoms. The van der Waals surface area contributed by atoms with Gasteiger partial charge in [0.1, 0.15) is 18.2 Å². The molecule has 0 amide bonds. The van der Waals surface area contributed by atoms with Crippen molar-refractivity contribution in [3.05, 3.63) is 59.3 Å². The van der Waals surface area contributed by atoms with Gasteiger partial charge in [0.05, 0.1) is 25.0 Å². The van der Waals surface area contributed by atoms with Gasteiger partial charge in [-0.3, -0.25) is 9.36 Å². The summed E-state index contributed by atoms with van der Waals surface area (Å²) in [6, 6.07) is 5.26. The highest BCUT2D eigenvalue weighted by molar-refractivity contribution is 5.39. The fourth-order valence-corrected chi connectivity index (χ4v) is 3.16. The summed E-state index contributed by atoms with van der Waals surface area (Å²) >= 11 is 0. The van der Waals surface area contributed by atoms with E-state index in [4.69, 9.17) is 5.26 Å². The summed E-state index contributed by atoms with van der Waals surface area (Å²) in [5.41, 5.74) is 0.141. The first-order valence-corrected chi connectivity index (χ1v) is 8.30. The van der Waals surface area contributed by atoms with E-state index in [-0.39, 0.29) is 17.3 Å². The summed E-state index contributed by atoms with van der Waals surface area (Å²) in [6.07, 6.45) is 10.1. The molecule has 1 atom stereocenters. The minimum Gasteiger partial charge on any atom is -0.350 e. The molecule has 0 N–H and O–H groups in total. The highest BCUT2D eigenvalue weighted by Gasteiger charge is 2.27. The summed E-state index contributed by atoms with van der Waals surface area (Å²) in [4.78, 5) is 26.8. The van der Waals surface area contributed by atoms with Crippen LogP contribution in [-0.4, -0.2) is 41.9 Å². The van der Waals surface area contributed by atoms with Crippen molar-refractivity contribution in [1.82, 2.24) is 29.3 Å². The normalized spacial score (nSPS) is 16.6. The molecule has 130 valence electrons. The first-order chi connectivity index (χ1) is 12.7. The number of nitriles is 1. The number of aromatic nitrogens is 6. The average Bonchev–Trinajstić information content (AvgIpc) is 3.36. The zero-order chi connectivity index (χ0) is 17.9. The van der Waals surface area contributed by atoms with Crippen LogP contribution < -0.4 is 10.5 Å². The van der Waals surface area contributed by atoms with Crippen LogP contribution in [0.15, 0.2) is 48.0 Å². The minimum atomic E-state index is -0.147. The minimum absolute atomic E-state index is 0.0977. The topological polar surface area (TPSA) is 106 Å². The highest BCUT2D eigenvalue weighted by atomic mass is 16.1. The number of hydrogen-bond acceptors (Lipinski definition) is 7. The molecular weight excluding hydrogens is 332 g/mol. The van der Waals surface area contributed by atoms with Crippen molar-refractivity contribution in [1.29, 1.82) is 5.26 Å². The second-order valence-electron chi connectivity index (χ2n) is 6.04. The van der Waals surface area contributed by atoms with Crippen LogP contribution in [0, 0.1) is 11.3 Å². The van der Waals surface area contributed by atoms with Gasteiger partial charge in [0.15, 0.2) is 11.5 Å². The third-order valence-corrected chi connectivity index (χ3v) is 4.43. The van der Waals surface area contributed by atoms with Crippen LogP contribution >= 0.6 is 0 Å². The Bertz CT molecular complexity index is 987. The number of hydrogen-bond donors (Lipinski definition) is 0. The molecule has 4 rings (SSSR count). The number of nitrogens with zero attached hydrogens (tertiary/aromatic N) is 8. The van der Waals surface area contributed by atoms with E-state index in [9.17, 15) is 4.79 Å². The Kier molecular flexibility index (Phi) is 4.15. The number of anilines is 1. The van der Waals surface area contributed by atoms with E-state index in [0.29, 0.717) is 18.2 Å². The summed E-state index contributed by atoms with van der Waals surface area (Å²) in [7, 11) is 0. The molecule has 4 heterocycles. The lowest BCUT2D eigenvalue weighted by Crippen LogP contribution is -2.37. The number of imidazole rings is 1. The SMILES string of the molecule is N#Cc1cnc(N2CCCC2Cn2nc(-n3ccnc3)ccc2=O)cn1. The fourth-order valence-electron chi connectivity index (χ4n) is 3.16. The van der Waals surface area contributed by atoms with Crippen molar-refractivity contribution in [2.45, 2.75) is 25.4 Å². The van der Waals surface area contributed by atoms with E-state index in [1.54, 1.807) is 35.6 Å². The maximum absolute atomic E-state index is 12.2. The van der Waals surface area contributed by atoms with Crippen molar-refractivity contribution >= 4 is 5.82 Å². The Labute approximate surface area is 149 Å². The van der Waals surface area contributed by atoms with Crippen LogP contribution in [0.1, 0.15) is 18.5 Å². The summed E-state index contributed by atoms with van der Waals surface area (Å²) in [6.45, 7) is 1.30. The molecule has 1 aliphatic rings. The third kappa shape index (κ3) is 3.04. The second kappa shape index (κ2) is 6.76. The molecule has 9 heteroatoms. The molecule has 0 aliphatic carbocycles. The molecule has 1 aliphatic heterocycles. The van der Waals surface area contributed by atoms with E-state index < -0.39 is 0 Å². The molecular formula is C17H16N8O. The molecule has 0 bridgehead atoms. The Morgan fingerprint density at radius 1 is 1.23 bits per heavy atom. The monoisotopic (exact) mass is 348 g/mol. The largest absolute Gasteiger partial charge is 0.350 e. The van der Waals surface area contributed by atoms with Crippen LogP contribution in [0.4, 0.5) is 5.82 Å². The van der Waals surface area contributed by atoms with Gasteiger partial charge < -0.3 is 4.90 Å². The van der Waals surface area contributed by atoms with Crippen molar-refractivity contribution < 1.29 is 0 Å². The predicted octanol–water partition coefficient (Wildman–Crippen LogP) is 0.760. The molecule has 9 nitrogen and oxygen atoms in total. The Balaban J connectivity index is 1.59. The molecule has 0 spiro atoms. The van der Waals surface area contributed by atoms with E-state index in [2.05, 4.69) is 25.0 Å². The van der Waals surface area contributed by atoms with E-state index in [1.165, 1.54) is 16.9 Å². The van der Waals surface area contributed by atoms with E-state index >= 15 is 0 Å². The van der Waals surface area contributed by atoms with Crippen molar-refractivity contribution in [2.75, 3.05) is 11.4 Å². The van der Waals surface area contributed by atoms with Crippen molar-refractivity contribution in [3.8, 4) is 11.9 Å². The molecule has 3 aromatic rings. The van der Waals surface area contributed by atoms with Crippen LogP contribution in [0.2, 0.25) is 0 Å². The maximum atomic E-state index is 12.2. The Morgan fingerprint density at radius 2 is 2.15 bits per heavy atom. The highest BCUT2D eigenvalue weighted by Crippen LogP contribution is 2.24. The molecule has 0 saturated carbocycles. The maximum Gasteiger partial charge on any atom is 0.266 e. The molecule has 0 radical (unpaired) electrons. The first-order valence-electron chi connectivity index (χ1n) is 8.30. The molecule has 3 aromatic heterocycles. The summed E-state index contributed by atoms with van der Waals surface area (Å²) in [5, 5.41) is 13.3. The lowest BCUT2D eigenvalue weighted by atomic mass is 10.2. The van der Waals surface area contributed by atoms with Gasteiger partial charge in [-0.25, -0.2) is 19.6 Å². The van der Waals surface area contributed by atoms with Gasteiger partial charge in [0.25, 0.3) is 5.56 Å². The standard InChI is InChI=1S/C17H16N8O/c18-8-13-9-21-16(10-20-13)24-6-1-2-14(24)11-25-17(26)4-3-15(22-25)23-7-5-19-12-23/h3-5,7,9-10,12,14H,1-2,6,11H2. The van der Waals surface area contributed by atoms with Gasteiger partial charge in [-0.2, -0.15) is 10.4 Å². The van der Waals surface area contributed by atoms with Crippen LogP contribution in [0.25, 0.3) is 5.82 Å². The zero-order valence-electron chi connectivity index (χ0n) is 13.9. The smallest absolute Gasteiger partial charge is 0.266 e. The lowest BCUT2D eigenvalue weighted by Gasteiger charge is -2.25. The van der Waals surface area contributed by atoms with Crippen molar-refractivity contribution in [3.63, 3.8) is 0 Å². The molecule has 1 saturated heterocycles.